The fourth-order valence-electron chi connectivity index (χ4n) is 3.05. The number of ketones is 1. The minimum atomic E-state index is -0.328. The lowest BCUT2D eigenvalue weighted by Gasteiger charge is -2.10. The molecule has 0 saturated heterocycles. The quantitative estimate of drug-likeness (QED) is 0.236. The van der Waals surface area contributed by atoms with E-state index < -0.39 is 0 Å². The third-order valence-electron chi connectivity index (χ3n) is 4.62. The maximum atomic E-state index is 12.6. The molecule has 4 rings (SSSR count). The second-order valence-electron chi connectivity index (χ2n) is 6.79. The monoisotopic (exact) mass is 451 g/mol. The van der Waals surface area contributed by atoms with Crippen molar-refractivity contribution in [3.63, 3.8) is 0 Å². The topological polar surface area (TPSA) is 88.2 Å². The summed E-state index contributed by atoms with van der Waals surface area (Å²) >= 11 is 7.30. The van der Waals surface area contributed by atoms with Crippen molar-refractivity contribution in [2.24, 2.45) is 0 Å². The van der Waals surface area contributed by atoms with E-state index in [9.17, 15) is 15.0 Å². The van der Waals surface area contributed by atoms with Crippen LogP contribution in [0.5, 0.6) is 11.5 Å². The zero-order chi connectivity index (χ0) is 21.8. The Balaban J connectivity index is 1.61. The third kappa shape index (κ3) is 4.90. The summed E-state index contributed by atoms with van der Waals surface area (Å²) in [7, 11) is 0. The van der Waals surface area contributed by atoms with Crippen molar-refractivity contribution in [1.82, 2.24) is 14.8 Å². The van der Waals surface area contributed by atoms with Gasteiger partial charge in [-0.1, -0.05) is 53.7 Å². The number of halogens is 1. The summed E-state index contributed by atoms with van der Waals surface area (Å²) in [5.41, 5.74) is 2.25. The number of nitrogens with zero attached hydrogens (tertiary/aromatic N) is 3. The maximum Gasteiger partial charge on any atom is 0.196 e. The van der Waals surface area contributed by atoms with Gasteiger partial charge in [0.15, 0.2) is 22.4 Å². The Bertz CT molecular complexity index is 1210. The van der Waals surface area contributed by atoms with Crippen molar-refractivity contribution in [2.75, 3.05) is 5.75 Å². The Morgan fingerprint density at radius 1 is 0.935 bits per heavy atom. The first-order valence-electron chi connectivity index (χ1n) is 9.43. The number of rotatable bonds is 7. The molecule has 0 spiro atoms. The number of hydrogen-bond donors (Lipinski definition) is 2. The Morgan fingerprint density at radius 3 is 2.39 bits per heavy atom. The van der Waals surface area contributed by atoms with Gasteiger partial charge < -0.3 is 10.2 Å². The van der Waals surface area contributed by atoms with Crippen LogP contribution >= 0.6 is 23.4 Å². The van der Waals surface area contributed by atoms with Gasteiger partial charge in [0.2, 0.25) is 0 Å². The number of benzene rings is 3. The Labute approximate surface area is 188 Å². The highest BCUT2D eigenvalue weighted by molar-refractivity contribution is 7.99. The highest BCUT2D eigenvalue weighted by atomic mass is 35.5. The molecule has 31 heavy (non-hydrogen) atoms. The number of carbonyl (C=O) groups excluding carboxylic acids is 1. The highest BCUT2D eigenvalue weighted by Gasteiger charge is 2.17. The Hall–Kier alpha value is -3.29. The van der Waals surface area contributed by atoms with Gasteiger partial charge in [0.05, 0.1) is 5.75 Å². The standard InChI is InChI=1S/C23H18ClN3O3S/c24-17-7-9-18(10-8-17)27-22(12-15-4-2-1-3-5-15)25-26-23(27)31-14-21(30)16-6-11-19(28)20(29)13-16/h1-11,13,28-29H,12,14H2. The van der Waals surface area contributed by atoms with Crippen molar-refractivity contribution in [1.29, 1.82) is 0 Å². The average Bonchev–Trinajstić information content (AvgIpc) is 3.17. The summed E-state index contributed by atoms with van der Waals surface area (Å²) in [6, 6.07) is 21.3. The molecular weight excluding hydrogens is 434 g/mol. The van der Waals surface area contributed by atoms with Gasteiger partial charge >= 0.3 is 0 Å². The summed E-state index contributed by atoms with van der Waals surface area (Å²) in [5.74, 6) is 0.0465. The van der Waals surface area contributed by atoms with E-state index in [4.69, 9.17) is 11.6 Å². The minimum absolute atomic E-state index is 0.0985. The number of hydrogen-bond acceptors (Lipinski definition) is 6. The molecule has 6 nitrogen and oxygen atoms in total. The first kappa shape index (κ1) is 21.0. The van der Waals surface area contributed by atoms with E-state index in [0.717, 1.165) is 17.1 Å². The van der Waals surface area contributed by atoms with Crippen LogP contribution in [0, 0.1) is 0 Å². The molecule has 0 aliphatic rings. The molecule has 2 N–H and O–H groups in total. The summed E-state index contributed by atoms with van der Waals surface area (Å²) in [4.78, 5) is 12.6. The lowest BCUT2D eigenvalue weighted by molar-refractivity contribution is 0.102. The molecule has 156 valence electrons. The van der Waals surface area contributed by atoms with Gasteiger partial charge in [0.1, 0.15) is 5.82 Å². The minimum Gasteiger partial charge on any atom is -0.504 e. The van der Waals surface area contributed by atoms with E-state index in [1.165, 1.54) is 30.0 Å². The average molecular weight is 452 g/mol. The second-order valence-corrected chi connectivity index (χ2v) is 8.17. The van der Waals surface area contributed by atoms with Crippen molar-refractivity contribution in [2.45, 2.75) is 11.6 Å². The van der Waals surface area contributed by atoms with Crippen LogP contribution < -0.4 is 0 Å². The zero-order valence-corrected chi connectivity index (χ0v) is 17.8. The second kappa shape index (κ2) is 9.24. The molecule has 0 radical (unpaired) electrons. The number of aromatic hydroxyl groups is 2. The number of aromatic nitrogens is 3. The van der Waals surface area contributed by atoms with Crippen LogP contribution in [0.4, 0.5) is 0 Å². The maximum absolute atomic E-state index is 12.6. The highest BCUT2D eigenvalue weighted by Crippen LogP contribution is 2.28. The van der Waals surface area contributed by atoms with Crippen molar-refractivity contribution < 1.29 is 15.0 Å². The molecule has 0 aliphatic heterocycles. The molecule has 0 aliphatic carbocycles. The molecule has 8 heteroatoms. The van der Waals surface area contributed by atoms with E-state index in [1.807, 2.05) is 47.0 Å². The van der Waals surface area contributed by atoms with Crippen LogP contribution in [-0.2, 0) is 6.42 Å². The molecule has 0 atom stereocenters. The SMILES string of the molecule is O=C(CSc1nnc(Cc2ccccc2)n1-c1ccc(Cl)cc1)c1ccc(O)c(O)c1. The molecule has 0 fully saturated rings. The Kier molecular flexibility index (Phi) is 6.25. The molecule has 3 aromatic carbocycles. The first-order chi connectivity index (χ1) is 15.0. The summed E-state index contributed by atoms with van der Waals surface area (Å²) < 4.78 is 1.91. The number of thioether (sulfide) groups is 1. The van der Waals surface area contributed by atoms with Crippen LogP contribution in [0.15, 0.2) is 78.0 Å². The van der Waals surface area contributed by atoms with E-state index in [1.54, 1.807) is 12.1 Å². The largest absolute Gasteiger partial charge is 0.504 e. The summed E-state index contributed by atoms with van der Waals surface area (Å²) in [5, 5.41) is 29.0. The van der Waals surface area contributed by atoms with Crippen molar-refractivity contribution in [3.05, 3.63) is 94.8 Å². The number of Topliss-reactive ketones (excluding diaryl/α,β-unsaturated/α-hetero) is 1. The molecule has 1 heterocycles. The fourth-order valence-corrected chi connectivity index (χ4v) is 4.04. The lowest BCUT2D eigenvalue weighted by Crippen LogP contribution is -2.06. The lowest BCUT2D eigenvalue weighted by atomic mass is 10.1. The third-order valence-corrected chi connectivity index (χ3v) is 5.80. The molecule has 0 saturated carbocycles. The van der Waals surface area contributed by atoms with Gasteiger partial charge in [-0.3, -0.25) is 9.36 Å². The predicted octanol–water partition coefficient (Wildman–Crippen LogP) is 4.90. The summed E-state index contributed by atoms with van der Waals surface area (Å²) in [6.45, 7) is 0. The molecule has 0 amide bonds. The Morgan fingerprint density at radius 2 is 1.68 bits per heavy atom. The van der Waals surface area contributed by atoms with Gasteiger partial charge in [-0.25, -0.2) is 0 Å². The van der Waals surface area contributed by atoms with Crippen LogP contribution in [0.3, 0.4) is 0 Å². The van der Waals surface area contributed by atoms with E-state index in [-0.39, 0.29) is 23.0 Å². The van der Waals surface area contributed by atoms with Crippen LogP contribution in [-0.4, -0.2) is 36.5 Å². The van der Waals surface area contributed by atoms with E-state index >= 15 is 0 Å². The number of carbonyl (C=O) groups is 1. The fraction of sp³-hybridized carbons (Fsp3) is 0.0870. The van der Waals surface area contributed by atoms with Crippen molar-refractivity contribution in [3.8, 4) is 17.2 Å². The first-order valence-corrected chi connectivity index (χ1v) is 10.8. The molecular formula is C23H18ClN3O3S. The van der Waals surface area contributed by atoms with E-state index in [0.29, 0.717) is 22.2 Å². The van der Waals surface area contributed by atoms with Crippen molar-refractivity contribution >= 4 is 29.1 Å². The van der Waals surface area contributed by atoms with Gasteiger partial charge in [-0.05, 0) is 48.0 Å². The molecule has 1 aromatic heterocycles. The molecule has 4 aromatic rings. The van der Waals surface area contributed by atoms with Gasteiger partial charge in [-0.15, -0.1) is 10.2 Å². The smallest absolute Gasteiger partial charge is 0.196 e. The van der Waals surface area contributed by atoms with Crippen LogP contribution in [0.1, 0.15) is 21.7 Å². The van der Waals surface area contributed by atoms with Gasteiger partial charge in [-0.2, -0.15) is 0 Å². The van der Waals surface area contributed by atoms with E-state index in [2.05, 4.69) is 10.2 Å². The van der Waals surface area contributed by atoms with Crippen LogP contribution in [0.2, 0.25) is 5.02 Å². The predicted molar refractivity (Wildman–Crippen MR) is 120 cm³/mol. The van der Waals surface area contributed by atoms with Gasteiger partial charge in [0, 0.05) is 22.7 Å². The summed E-state index contributed by atoms with van der Waals surface area (Å²) in [6.07, 6.45) is 0.580. The van der Waals surface area contributed by atoms with Gasteiger partial charge in [0.25, 0.3) is 0 Å². The molecule has 0 bridgehead atoms. The molecule has 0 unspecified atom stereocenters. The normalized spacial score (nSPS) is 10.9. The zero-order valence-electron chi connectivity index (χ0n) is 16.3. The van der Waals surface area contributed by atoms with Crippen LogP contribution in [0.25, 0.3) is 5.69 Å². The number of phenols is 2. The number of phenolic OH excluding ortho intramolecular Hbond substituents is 2.